The van der Waals surface area contributed by atoms with Crippen molar-refractivity contribution < 1.29 is 9.53 Å². The van der Waals surface area contributed by atoms with Gasteiger partial charge in [-0.2, -0.15) is 5.10 Å². The number of hydrazone groups is 1. The highest BCUT2D eigenvalue weighted by molar-refractivity contribution is 6.04. The summed E-state index contributed by atoms with van der Waals surface area (Å²) in [6.45, 7) is 8.69. The minimum atomic E-state index is -0.108. The van der Waals surface area contributed by atoms with Crippen LogP contribution in [0, 0.1) is 13.8 Å². The summed E-state index contributed by atoms with van der Waals surface area (Å²) in [6.07, 6.45) is 0.702. The summed E-state index contributed by atoms with van der Waals surface area (Å²) >= 11 is 0. The van der Waals surface area contributed by atoms with Crippen LogP contribution >= 0.6 is 0 Å². The van der Waals surface area contributed by atoms with Crippen molar-refractivity contribution in [1.29, 1.82) is 0 Å². The summed E-state index contributed by atoms with van der Waals surface area (Å²) in [5.74, 6) is 0.821. The number of hydrogen-bond donors (Lipinski definition) is 0. The van der Waals surface area contributed by atoms with Crippen LogP contribution in [0.2, 0.25) is 0 Å². The van der Waals surface area contributed by atoms with E-state index in [9.17, 15) is 4.79 Å². The predicted molar refractivity (Wildman–Crippen MR) is 117 cm³/mol. The average Bonchev–Trinajstić information content (AvgIpc) is 3.15. The van der Waals surface area contributed by atoms with Crippen LogP contribution in [0.15, 0.2) is 47.6 Å². The molecule has 29 heavy (non-hydrogen) atoms. The van der Waals surface area contributed by atoms with Crippen LogP contribution in [-0.4, -0.2) is 48.3 Å². The summed E-state index contributed by atoms with van der Waals surface area (Å²) in [5, 5.41) is 6.49. The summed E-state index contributed by atoms with van der Waals surface area (Å²) in [5.41, 5.74) is 5.52. The van der Waals surface area contributed by atoms with E-state index in [1.807, 2.05) is 36.2 Å². The smallest absolute Gasteiger partial charge is 0.257 e. The maximum absolute atomic E-state index is 13.1. The molecule has 154 valence electrons. The molecule has 0 fully saturated rings. The van der Waals surface area contributed by atoms with E-state index in [1.54, 1.807) is 12.1 Å². The van der Waals surface area contributed by atoms with Gasteiger partial charge in [0.1, 0.15) is 5.75 Å². The Bertz CT molecular complexity index is 903. The molecule has 0 saturated carbocycles. The number of rotatable bonds is 6. The first kappa shape index (κ1) is 21.1. The Kier molecular flexibility index (Phi) is 6.38. The third-order valence-electron chi connectivity index (χ3n) is 5.64. The average molecular weight is 394 g/mol. The lowest BCUT2D eigenvalue weighted by Crippen LogP contribution is -2.39. The number of hydrogen-bond acceptors (Lipinski definition) is 4. The molecular weight excluding hydrogens is 362 g/mol. The van der Waals surface area contributed by atoms with E-state index >= 15 is 0 Å². The van der Waals surface area contributed by atoms with Gasteiger partial charge in [-0.1, -0.05) is 29.8 Å². The van der Waals surface area contributed by atoms with Crippen LogP contribution in [0.25, 0.3) is 0 Å². The number of likely N-dealkylation sites (N-methyl/N-ethyl adjacent to an activating group) is 1. The number of methoxy groups -OCH3 is 1. The molecule has 3 rings (SSSR count). The molecule has 0 spiro atoms. The van der Waals surface area contributed by atoms with Crippen molar-refractivity contribution in [3.05, 3.63) is 64.7 Å². The van der Waals surface area contributed by atoms with Gasteiger partial charge in [0.25, 0.3) is 5.91 Å². The molecule has 2 aromatic carbocycles. The zero-order chi connectivity index (χ0) is 21.1. The number of ether oxygens (including phenoxy) is 1. The third-order valence-corrected chi connectivity index (χ3v) is 5.64. The van der Waals surface area contributed by atoms with Crippen molar-refractivity contribution in [2.24, 2.45) is 5.10 Å². The lowest BCUT2D eigenvalue weighted by atomic mass is 9.95. The molecule has 0 unspecified atom stereocenters. The molecule has 1 atom stereocenters. The molecule has 0 aromatic heterocycles. The molecule has 0 bridgehead atoms. The minimum absolute atomic E-state index is 0.0160. The van der Waals surface area contributed by atoms with E-state index in [2.05, 4.69) is 45.9 Å². The van der Waals surface area contributed by atoms with Gasteiger partial charge in [-0.15, -0.1) is 0 Å². The van der Waals surface area contributed by atoms with Gasteiger partial charge in [0.15, 0.2) is 0 Å². The molecule has 0 aliphatic carbocycles. The quantitative estimate of drug-likeness (QED) is 0.734. The van der Waals surface area contributed by atoms with Crippen molar-refractivity contribution in [3.63, 3.8) is 0 Å². The third kappa shape index (κ3) is 4.67. The highest BCUT2D eigenvalue weighted by atomic mass is 16.5. The van der Waals surface area contributed by atoms with Crippen molar-refractivity contribution in [2.45, 2.75) is 46.2 Å². The molecule has 0 N–H and O–H groups in total. The predicted octanol–water partition coefficient (Wildman–Crippen LogP) is 4.33. The summed E-state index contributed by atoms with van der Waals surface area (Å²) in [7, 11) is 3.63. The number of aryl methyl sites for hydroxylation is 2. The lowest BCUT2D eigenvalue weighted by Gasteiger charge is -2.26. The molecule has 0 saturated heterocycles. The van der Waals surface area contributed by atoms with Crippen LogP contribution < -0.4 is 4.74 Å². The maximum atomic E-state index is 13.1. The minimum Gasteiger partial charge on any atom is -0.497 e. The topological polar surface area (TPSA) is 45.1 Å². The molecule has 1 amide bonds. The molecule has 1 heterocycles. The Hall–Kier alpha value is -2.66. The fourth-order valence-electron chi connectivity index (χ4n) is 3.50. The summed E-state index contributed by atoms with van der Waals surface area (Å²) < 4.78 is 5.29. The Morgan fingerprint density at radius 1 is 1.21 bits per heavy atom. The second-order valence-corrected chi connectivity index (χ2v) is 8.11. The lowest BCUT2D eigenvalue weighted by molar-refractivity contribution is -0.134. The van der Waals surface area contributed by atoms with E-state index in [1.165, 1.54) is 11.1 Å². The first-order chi connectivity index (χ1) is 13.8. The molecule has 5 nitrogen and oxygen atoms in total. The number of benzene rings is 2. The van der Waals surface area contributed by atoms with Crippen molar-refractivity contribution in [3.8, 4) is 5.75 Å². The largest absolute Gasteiger partial charge is 0.497 e. The first-order valence-corrected chi connectivity index (χ1v) is 10.1. The van der Waals surface area contributed by atoms with E-state index in [0.717, 1.165) is 22.6 Å². The number of carbonyl (C=O) groups is 1. The van der Waals surface area contributed by atoms with Gasteiger partial charge in [-0.05, 0) is 64.1 Å². The fourth-order valence-corrected chi connectivity index (χ4v) is 3.50. The summed E-state index contributed by atoms with van der Waals surface area (Å²) in [6, 6.07) is 14.5. The number of nitrogens with zero attached hydrogens (tertiary/aromatic N) is 3. The second-order valence-electron chi connectivity index (χ2n) is 8.11. The van der Waals surface area contributed by atoms with Gasteiger partial charge in [0, 0.05) is 18.0 Å². The van der Waals surface area contributed by atoms with E-state index in [4.69, 9.17) is 9.84 Å². The molecule has 1 aliphatic rings. The van der Waals surface area contributed by atoms with Crippen LogP contribution in [0.1, 0.15) is 48.6 Å². The van der Waals surface area contributed by atoms with E-state index in [0.29, 0.717) is 19.0 Å². The Balaban J connectivity index is 1.95. The molecule has 2 aromatic rings. The van der Waals surface area contributed by atoms with Gasteiger partial charge in [0.05, 0.1) is 25.4 Å². The Morgan fingerprint density at radius 2 is 1.90 bits per heavy atom. The number of carbonyl (C=O) groups excluding carboxylic acids is 1. The zero-order valence-corrected chi connectivity index (χ0v) is 18.3. The molecule has 1 aliphatic heterocycles. The van der Waals surface area contributed by atoms with Gasteiger partial charge >= 0.3 is 0 Å². The molecule has 5 heteroatoms. The normalized spacial score (nSPS) is 16.5. The number of amides is 1. The van der Waals surface area contributed by atoms with Crippen LogP contribution in [0.3, 0.4) is 0 Å². The molecule has 0 radical (unpaired) electrons. The standard InChI is InChI=1S/C24H31N3O2/c1-16(2)26(5)15-24(28)27-23(19-9-11-20(29-6)12-10-19)14-22(25-27)21-13-17(3)7-8-18(21)4/h7-13,16,23H,14-15H2,1-6H3/t23-/m0/s1. The second kappa shape index (κ2) is 8.78. The first-order valence-electron chi connectivity index (χ1n) is 10.1. The van der Waals surface area contributed by atoms with Crippen LogP contribution in [0.4, 0.5) is 0 Å². The van der Waals surface area contributed by atoms with Gasteiger partial charge in [-0.3, -0.25) is 9.69 Å². The van der Waals surface area contributed by atoms with Gasteiger partial charge in [0.2, 0.25) is 0 Å². The highest BCUT2D eigenvalue weighted by Gasteiger charge is 2.34. The van der Waals surface area contributed by atoms with Crippen molar-refractivity contribution >= 4 is 11.6 Å². The Labute approximate surface area is 174 Å². The molecular formula is C24H31N3O2. The van der Waals surface area contributed by atoms with E-state index < -0.39 is 0 Å². The highest BCUT2D eigenvalue weighted by Crippen LogP contribution is 2.34. The van der Waals surface area contributed by atoms with Crippen molar-refractivity contribution in [2.75, 3.05) is 20.7 Å². The van der Waals surface area contributed by atoms with Gasteiger partial charge in [-0.25, -0.2) is 5.01 Å². The fraction of sp³-hybridized carbons (Fsp3) is 0.417. The summed E-state index contributed by atoms with van der Waals surface area (Å²) in [4.78, 5) is 15.2. The SMILES string of the molecule is COc1ccc([C@@H]2CC(c3cc(C)ccc3C)=NN2C(=O)CN(C)C(C)C)cc1. The van der Waals surface area contributed by atoms with Crippen LogP contribution in [0.5, 0.6) is 5.75 Å². The Morgan fingerprint density at radius 3 is 2.52 bits per heavy atom. The monoisotopic (exact) mass is 393 g/mol. The van der Waals surface area contributed by atoms with Crippen molar-refractivity contribution in [1.82, 2.24) is 9.91 Å². The maximum Gasteiger partial charge on any atom is 0.257 e. The van der Waals surface area contributed by atoms with Gasteiger partial charge < -0.3 is 4.74 Å². The van der Waals surface area contributed by atoms with E-state index in [-0.39, 0.29) is 11.9 Å². The zero-order valence-electron chi connectivity index (χ0n) is 18.3. The van der Waals surface area contributed by atoms with Crippen LogP contribution in [-0.2, 0) is 4.79 Å².